The summed E-state index contributed by atoms with van der Waals surface area (Å²) in [5.41, 5.74) is 5.89. The van der Waals surface area contributed by atoms with Crippen LogP contribution >= 0.6 is 0 Å². The van der Waals surface area contributed by atoms with E-state index in [9.17, 15) is 10.1 Å². The zero-order chi connectivity index (χ0) is 27.7. The van der Waals surface area contributed by atoms with Gasteiger partial charge in [0, 0.05) is 17.5 Å². The van der Waals surface area contributed by atoms with E-state index >= 15 is 0 Å². The van der Waals surface area contributed by atoms with Gasteiger partial charge in [-0.05, 0) is 67.9 Å². The van der Waals surface area contributed by atoms with Crippen molar-refractivity contribution in [2.75, 3.05) is 6.61 Å². The average molecular weight is 528 g/mol. The van der Waals surface area contributed by atoms with Gasteiger partial charge in [0.1, 0.15) is 5.69 Å². The van der Waals surface area contributed by atoms with E-state index in [2.05, 4.69) is 44.9 Å². The van der Waals surface area contributed by atoms with Gasteiger partial charge in [-0.15, -0.1) is 0 Å². The molecule has 196 valence electrons. The molecule has 0 radical (unpaired) electrons. The lowest BCUT2D eigenvalue weighted by atomic mass is 9.99. The summed E-state index contributed by atoms with van der Waals surface area (Å²) in [6.45, 7) is 15.4. The van der Waals surface area contributed by atoms with Gasteiger partial charge in [-0.1, -0.05) is 32.9 Å². The summed E-state index contributed by atoms with van der Waals surface area (Å²) in [4.78, 5) is 21.9. The molecule has 0 spiro atoms. The molecule has 0 fully saturated rings. The minimum atomic E-state index is -1.99. The minimum Gasteiger partial charge on any atom is -0.461 e. The molecule has 9 heteroatoms. The summed E-state index contributed by atoms with van der Waals surface area (Å²) in [5, 5.41) is 14.4. The van der Waals surface area contributed by atoms with E-state index in [4.69, 9.17) is 19.2 Å². The fraction of sp³-hybridized carbons (Fsp3) is 0.345. The number of ether oxygens (including phenoxy) is 1. The van der Waals surface area contributed by atoms with E-state index in [1.54, 1.807) is 35.8 Å². The third kappa shape index (κ3) is 5.52. The number of nitriles is 1. The molecule has 0 bridgehead atoms. The summed E-state index contributed by atoms with van der Waals surface area (Å²) in [6.07, 6.45) is 1.70. The van der Waals surface area contributed by atoms with E-state index in [-0.39, 0.29) is 17.3 Å². The van der Waals surface area contributed by atoms with Gasteiger partial charge in [0.05, 0.1) is 36.1 Å². The number of hydrogen-bond acceptors (Lipinski definition) is 7. The molecule has 0 unspecified atom stereocenters. The van der Waals surface area contributed by atoms with Gasteiger partial charge in [-0.2, -0.15) is 10.4 Å². The Morgan fingerprint density at radius 3 is 2.55 bits per heavy atom. The van der Waals surface area contributed by atoms with Gasteiger partial charge >= 0.3 is 5.97 Å². The van der Waals surface area contributed by atoms with Gasteiger partial charge in [0.25, 0.3) is 0 Å². The van der Waals surface area contributed by atoms with E-state index in [0.29, 0.717) is 23.5 Å². The van der Waals surface area contributed by atoms with Crippen LogP contribution in [-0.4, -0.2) is 40.5 Å². The molecule has 0 amide bonds. The van der Waals surface area contributed by atoms with Crippen molar-refractivity contribution in [1.82, 2.24) is 19.6 Å². The van der Waals surface area contributed by atoms with E-state index in [1.165, 1.54) is 0 Å². The first-order chi connectivity index (χ1) is 17.9. The summed E-state index contributed by atoms with van der Waals surface area (Å²) < 4.78 is 13.3. The maximum Gasteiger partial charge on any atom is 0.357 e. The number of rotatable bonds is 7. The molecule has 0 saturated heterocycles. The lowest BCUT2D eigenvalue weighted by molar-refractivity contribution is 0.0519. The summed E-state index contributed by atoms with van der Waals surface area (Å²) in [7, 11) is -1.99. The van der Waals surface area contributed by atoms with Crippen LogP contribution in [0.5, 0.6) is 0 Å². The van der Waals surface area contributed by atoms with Crippen LogP contribution in [0.2, 0.25) is 18.1 Å². The molecule has 0 aliphatic carbocycles. The standard InChI is InChI=1S/C29H33N5O3Si/c1-8-36-28(35)24-12-13-34-27(32-24)25(26(33-34)21-11-9-10-20(15-21)17-30)22-14-19(2)31-23(16-22)18-37-38(6,7)29(3,4)5/h9-16H,8,18H2,1-7H3. The van der Waals surface area contributed by atoms with Crippen molar-refractivity contribution >= 4 is 19.9 Å². The Labute approximate surface area is 224 Å². The Hall–Kier alpha value is -3.87. The van der Waals surface area contributed by atoms with Crippen LogP contribution in [0, 0.1) is 18.3 Å². The van der Waals surface area contributed by atoms with Crippen molar-refractivity contribution in [2.45, 2.75) is 59.4 Å². The monoisotopic (exact) mass is 527 g/mol. The van der Waals surface area contributed by atoms with Crippen molar-refractivity contribution in [3.05, 3.63) is 71.3 Å². The second kappa shape index (κ2) is 10.5. The molecule has 0 N–H and O–H groups in total. The Bertz CT molecular complexity index is 1550. The average Bonchev–Trinajstić information content (AvgIpc) is 3.25. The molecule has 3 aromatic heterocycles. The highest BCUT2D eigenvalue weighted by Crippen LogP contribution is 2.38. The number of aryl methyl sites for hydroxylation is 1. The van der Waals surface area contributed by atoms with Crippen molar-refractivity contribution in [3.63, 3.8) is 0 Å². The third-order valence-corrected chi connectivity index (χ3v) is 11.4. The van der Waals surface area contributed by atoms with Crippen LogP contribution in [-0.2, 0) is 15.8 Å². The number of carbonyl (C=O) groups is 1. The Morgan fingerprint density at radius 2 is 1.87 bits per heavy atom. The lowest BCUT2D eigenvalue weighted by Gasteiger charge is -2.36. The van der Waals surface area contributed by atoms with Gasteiger partial charge in [0.2, 0.25) is 0 Å². The Kier molecular flexibility index (Phi) is 7.49. The number of hydrogen-bond donors (Lipinski definition) is 0. The molecule has 38 heavy (non-hydrogen) atoms. The van der Waals surface area contributed by atoms with E-state index in [0.717, 1.165) is 28.1 Å². The quantitative estimate of drug-likeness (QED) is 0.204. The lowest BCUT2D eigenvalue weighted by Crippen LogP contribution is -2.40. The molecular formula is C29H33N5O3Si. The molecule has 8 nitrogen and oxygen atoms in total. The first kappa shape index (κ1) is 27.2. The van der Waals surface area contributed by atoms with Crippen molar-refractivity contribution < 1.29 is 14.0 Å². The van der Waals surface area contributed by atoms with Gasteiger partial charge < -0.3 is 9.16 Å². The fourth-order valence-corrected chi connectivity index (χ4v) is 4.82. The van der Waals surface area contributed by atoms with E-state index in [1.807, 2.05) is 31.2 Å². The van der Waals surface area contributed by atoms with Crippen LogP contribution in [0.4, 0.5) is 0 Å². The van der Waals surface area contributed by atoms with Crippen LogP contribution in [0.1, 0.15) is 55.1 Å². The van der Waals surface area contributed by atoms with E-state index < -0.39 is 14.3 Å². The van der Waals surface area contributed by atoms with Crippen LogP contribution < -0.4 is 0 Å². The second-order valence-electron chi connectivity index (χ2n) is 10.8. The molecule has 3 heterocycles. The Balaban J connectivity index is 1.90. The van der Waals surface area contributed by atoms with Gasteiger partial charge in [-0.3, -0.25) is 4.98 Å². The van der Waals surface area contributed by atoms with Crippen LogP contribution in [0.25, 0.3) is 28.0 Å². The summed E-state index contributed by atoms with van der Waals surface area (Å²) in [5.74, 6) is -0.496. The molecule has 0 saturated carbocycles. The molecule has 0 atom stereocenters. The summed E-state index contributed by atoms with van der Waals surface area (Å²) in [6, 6.07) is 15.0. The number of carbonyl (C=O) groups excluding carboxylic acids is 1. The number of benzene rings is 1. The second-order valence-corrected chi connectivity index (χ2v) is 15.6. The van der Waals surface area contributed by atoms with Crippen LogP contribution in [0.3, 0.4) is 0 Å². The molecule has 4 rings (SSSR count). The largest absolute Gasteiger partial charge is 0.461 e. The zero-order valence-corrected chi connectivity index (χ0v) is 24.0. The maximum atomic E-state index is 12.5. The number of nitrogens with zero attached hydrogens (tertiary/aromatic N) is 5. The predicted octanol–water partition coefficient (Wildman–Crippen LogP) is 6.34. The fourth-order valence-electron chi connectivity index (χ4n) is 3.88. The number of aromatic nitrogens is 4. The highest BCUT2D eigenvalue weighted by molar-refractivity contribution is 6.74. The highest BCUT2D eigenvalue weighted by atomic mass is 28.4. The van der Waals surface area contributed by atoms with Crippen molar-refractivity contribution in [2.24, 2.45) is 0 Å². The summed E-state index contributed by atoms with van der Waals surface area (Å²) >= 11 is 0. The van der Waals surface area contributed by atoms with Gasteiger partial charge in [0.15, 0.2) is 19.7 Å². The smallest absolute Gasteiger partial charge is 0.357 e. The van der Waals surface area contributed by atoms with Crippen molar-refractivity contribution in [1.29, 1.82) is 5.26 Å². The molecule has 0 aliphatic rings. The number of esters is 1. The van der Waals surface area contributed by atoms with Gasteiger partial charge in [-0.25, -0.2) is 14.3 Å². The predicted molar refractivity (Wildman–Crippen MR) is 149 cm³/mol. The topological polar surface area (TPSA) is 102 Å². The number of pyridine rings is 1. The SMILES string of the molecule is CCOC(=O)c1ccn2nc(-c3cccc(C#N)c3)c(-c3cc(C)nc(CO[Si](C)(C)C(C)(C)C)c3)c2n1. The molecule has 0 aliphatic heterocycles. The minimum absolute atomic E-state index is 0.0778. The molecular weight excluding hydrogens is 494 g/mol. The van der Waals surface area contributed by atoms with Crippen LogP contribution in [0.15, 0.2) is 48.7 Å². The normalized spacial score (nSPS) is 11.9. The Morgan fingerprint density at radius 1 is 1.11 bits per heavy atom. The van der Waals surface area contributed by atoms with Crippen molar-refractivity contribution in [3.8, 4) is 28.5 Å². The highest BCUT2D eigenvalue weighted by Gasteiger charge is 2.37. The first-order valence-corrected chi connectivity index (χ1v) is 15.5. The third-order valence-electron chi connectivity index (χ3n) is 6.92. The number of fused-ring (bicyclic) bond motifs is 1. The molecule has 1 aromatic carbocycles. The first-order valence-electron chi connectivity index (χ1n) is 12.6. The zero-order valence-electron chi connectivity index (χ0n) is 23.0. The maximum absolute atomic E-state index is 12.5. The molecule has 4 aromatic rings.